The van der Waals surface area contributed by atoms with Gasteiger partial charge < -0.3 is 19.5 Å². The number of oxime groups is 1. The predicted molar refractivity (Wildman–Crippen MR) is 120 cm³/mol. The Balaban J connectivity index is 1.51. The summed E-state index contributed by atoms with van der Waals surface area (Å²) in [5.41, 5.74) is 3.48. The maximum absolute atomic E-state index is 12.3. The Bertz CT molecular complexity index is 998. The zero-order chi connectivity index (χ0) is 21.5. The van der Waals surface area contributed by atoms with Crippen molar-refractivity contribution in [3.8, 4) is 0 Å². The van der Waals surface area contributed by atoms with Gasteiger partial charge in [-0.3, -0.25) is 4.98 Å². The molecule has 2 aromatic heterocycles. The van der Waals surface area contributed by atoms with E-state index < -0.39 is 0 Å². The largest absolute Gasteiger partial charge is 0.449 e. The number of unbranched alkanes of at least 4 members (excludes halogenated alkanes) is 1. The van der Waals surface area contributed by atoms with Crippen LogP contribution >= 0.6 is 0 Å². The molecule has 1 unspecified atom stereocenters. The first-order valence-electron chi connectivity index (χ1n) is 10.9. The second-order valence-electron chi connectivity index (χ2n) is 7.74. The van der Waals surface area contributed by atoms with E-state index in [2.05, 4.69) is 22.0 Å². The third kappa shape index (κ3) is 5.23. The number of piperidine rings is 1. The van der Waals surface area contributed by atoms with Crippen molar-refractivity contribution >= 4 is 22.7 Å². The Morgan fingerprint density at radius 3 is 2.97 bits per heavy atom. The van der Waals surface area contributed by atoms with E-state index in [1.165, 1.54) is 0 Å². The van der Waals surface area contributed by atoms with Crippen LogP contribution in [0.15, 0.2) is 60.0 Å². The second-order valence-corrected chi connectivity index (χ2v) is 7.74. The van der Waals surface area contributed by atoms with E-state index in [-0.39, 0.29) is 12.2 Å². The molecule has 0 saturated carbocycles. The van der Waals surface area contributed by atoms with Crippen LogP contribution in [0, 0.1) is 0 Å². The molecule has 3 heterocycles. The Kier molecular flexibility index (Phi) is 6.82. The lowest BCUT2D eigenvalue weighted by atomic mass is 10.1. The average molecular weight is 421 g/mol. The standard InChI is InChI=1S/C24H28N4O3/c1-2-3-14-30-24(29)28-13-7-10-20(17-28)31-27-23(18-8-5-4-6-9-18)21-15-19-11-12-25-16-22(19)26-21/h4-6,8-9,11-12,15-16,20,26H,2-3,7,10,13-14,17H2,1H3. The minimum absolute atomic E-state index is 0.169. The van der Waals surface area contributed by atoms with Gasteiger partial charge in [-0.2, -0.15) is 0 Å². The van der Waals surface area contributed by atoms with Gasteiger partial charge in [0, 0.05) is 23.7 Å². The number of rotatable bonds is 7. The highest BCUT2D eigenvalue weighted by molar-refractivity contribution is 6.13. The first-order chi connectivity index (χ1) is 15.2. The number of aromatic amines is 1. The summed E-state index contributed by atoms with van der Waals surface area (Å²) in [5, 5.41) is 5.60. The van der Waals surface area contributed by atoms with Gasteiger partial charge in [0.05, 0.1) is 30.6 Å². The number of fused-ring (bicyclic) bond motifs is 1. The quantitative estimate of drug-likeness (QED) is 0.340. The van der Waals surface area contributed by atoms with Crippen LogP contribution in [-0.2, 0) is 9.57 Å². The van der Waals surface area contributed by atoms with E-state index in [1.807, 2.05) is 42.5 Å². The van der Waals surface area contributed by atoms with Crippen LogP contribution < -0.4 is 0 Å². The molecule has 0 radical (unpaired) electrons. The molecule has 1 N–H and O–H groups in total. The monoisotopic (exact) mass is 420 g/mol. The molecule has 1 aliphatic heterocycles. The van der Waals surface area contributed by atoms with Gasteiger partial charge in [0.25, 0.3) is 0 Å². The van der Waals surface area contributed by atoms with E-state index in [0.717, 1.165) is 53.6 Å². The van der Waals surface area contributed by atoms with Crippen molar-refractivity contribution in [2.75, 3.05) is 19.7 Å². The lowest BCUT2D eigenvalue weighted by Crippen LogP contribution is -2.43. The Labute approximate surface area is 182 Å². The van der Waals surface area contributed by atoms with Crippen LogP contribution in [0.3, 0.4) is 0 Å². The number of carbonyl (C=O) groups is 1. The Hall–Kier alpha value is -3.35. The third-order valence-corrected chi connectivity index (χ3v) is 5.38. The summed E-state index contributed by atoms with van der Waals surface area (Å²) in [7, 11) is 0. The number of carbonyl (C=O) groups excluding carboxylic acids is 1. The molecule has 1 atom stereocenters. The number of hydrogen-bond donors (Lipinski definition) is 1. The molecule has 162 valence electrons. The van der Waals surface area contributed by atoms with Gasteiger partial charge in [-0.25, -0.2) is 4.79 Å². The molecule has 7 heteroatoms. The molecule has 31 heavy (non-hydrogen) atoms. The number of benzene rings is 1. The summed E-state index contributed by atoms with van der Waals surface area (Å²) >= 11 is 0. The fourth-order valence-corrected chi connectivity index (χ4v) is 3.67. The first kappa shape index (κ1) is 20.9. The van der Waals surface area contributed by atoms with E-state index >= 15 is 0 Å². The van der Waals surface area contributed by atoms with Crippen molar-refractivity contribution in [3.63, 3.8) is 0 Å². The third-order valence-electron chi connectivity index (χ3n) is 5.38. The molecule has 1 saturated heterocycles. The summed E-state index contributed by atoms with van der Waals surface area (Å²) in [5.74, 6) is 0. The van der Waals surface area contributed by atoms with Crippen molar-refractivity contribution in [1.82, 2.24) is 14.9 Å². The molecule has 4 rings (SSSR count). The Morgan fingerprint density at radius 2 is 2.16 bits per heavy atom. The molecule has 7 nitrogen and oxygen atoms in total. The van der Waals surface area contributed by atoms with Crippen molar-refractivity contribution in [2.45, 2.75) is 38.7 Å². The number of ether oxygens (including phenoxy) is 1. The number of amides is 1. The second kappa shape index (κ2) is 10.1. The zero-order valence-corrected chi connectivity index (χ0v) is 17.8. The van der Waals surface area contributed by atoms with Gasteiger partial charge in [-0.15, -0.1) is 0 Å². The normalized spacial score (nSPS) is 17.0. The maximum Gasteiger partial charge on any atom is 0.409 e. The van der Waals surface area contributed by atoms with Crippen LogP contribution in [0.2, 0.25) is 0 Å². The topological polar surface area (TPSA) is 79.8 Å². The molecular formula is C24H28N4O3. The van der Waals surface area contributed by atoms with Crippen molar-refractivity contribution in [1.29, 1.82) is 0 Å². The van der Waals surface area contributed by atoms with Gasteiger partial charge in [0.1, 0.15) is 11.8 Å². The highest BCUT2D eigenvalue weighted by Crippen LogP contribution is 2.20. The minimum atomic E-state index is -0.267. The average Bonchev–Trinajstić information content (AvgIpc) is 3.24. The molecule has 0 spiro atoms. The van der Waals surface area contributed by atoms with Crippen LogP contribution in [0.25, 0.3) is 10.9 Å². The highest BCUT2D eigenvalue weighted by atomic mass is 16.6. The van der Waals surface area contributed by atoms with E-state index in [9.17, 15) is 4.79 Å². The lowest BCUT2D eigenvalue weighted by Gasteiger charge is -2.30. The number of likely N-dealkylation sites (tertiary alicyclic amines) is 1. The fourth-order valence-electron chi connectivity index (χ4n) is 3.67. The van der Waals surface area contributed by atoms with E-state index in [4.69, 9.17) is 9.57 Å². The highest BCUT2D eigenvalue weighted by Gasteiger charge is 2.26. The van der Waals surface area contributed by atoms with Crippen LogP contribution in [0.4, 0.5) is 4.79 Å². The molecule has 3 aromatic rings. The van der Waals surface area contributed by atoms with Crippen molar-refractivity contribution in [2.24, 2.45) is 5.16 Å². The van der Waals surface area contributed by atoms with Crippen LogP contribution in [0.1, 0.15) is 43.9 Å². The number of hydrogen-bond acceptors (Lipinski definition) is 5. The molecule has 0 aliphatic carbocycles. The maximum atomic E-state index is 12.3. The number of H-pyrrole nitrogens is 1. The molecule has 0 bridgehead atoms. The van der Waals surface area contributed by atoms with Crippen LogP contribution in [-0.4, -0.2) is 52.5 Å². The molecular weight excluding hydrogens is 392 g/mol. The summed E-state index contributed by atoms with van der Waals surface area (Å²) in [6.07, 6.45) is 6.72. The number of aromatic nitrogens is 2. The summed E-state index contributed by atoms with van der Waals surface area (Å²) in [6.45, 7) is 3.70. The van der Waals surface area contributed by atoms with E-state index in [0.29, 0.717) is 19.7 Å². The van der Waals surface area contributed by atoms with Gasteiger partial charge in [-0.05, 0) is 31.4 Å². The minimum Gasteiger partial charge on any atom is -0.449 e. The first-order valence-corrected chi connectivity index (χ1v) is 10.9. The van der Waals surface area contributed by atoms with Gasteiger partial charge in [0.15, 0.2) is 0 Å². The van der Waals surface area contributed by atoms with Gasteiger partial charge in [0.2, 0.25) is 0 Å². The SMILES string of the molecule is CCCCOC(=O)N1CCCC(ON=C(c2ccccc2)c2cc3ccncc3[nH]2)C1. The number of nitrogens with one attached hydrogen (secondary N) is 1. The molecule has 1 fully saturated rings. The lowest BCUT2D eigenvalue weighted by molar-refractivity contribution is 0.000443. The molecule has 1 aromatic carbocycles. The summed E-state index contributed by atoms with van der Waals surface area (Å²) in [6, 6.07) is 13.9. The van der Waals surface area contributed by atoms with Gasteiger partial charge in [-0.1, -0.05) is 48.8 Å². The number of pyridine rings is 1. The predicted octanol–water partition coefficient (Wildman–Crippen LogP) is 4.73. The number of nitrogens with zero attached hydrogens (tertiary/aromatic N) is 3. The zero-order valence-electron chi connectivity index (χ0n) is 17.8. The Morgan fingerprint density at radius 1 is 1.29 bits per heavy atom. The smallest absolute Gasteiger partial charge is 0.409 e. The summed E-state index contributed by atoms with van der Waals surface area (Å²) < 4.78 is 5.35. The van der Waals surface area contributed by atoms with Crippen molar-refractivity contribution in [3.05, 3.63) is 66.1 Å². The molecule has 1 aliphatic rings. The molecule has 1 amide bonds. The van der Waals surface area contributed by atoms with E-state index in [1.54, 1.807) is 17.3 Å². The summed E-state index contributed by atoms with van der Waals surface area (Å²) in [4.78, 5) is 27.5. The fraction of sp³-hybridized carbons (Fsp3) is 0.375. The van der Waals surface area contributed by atoms with Gasteiger partial charge >= 0.3 is 6.09 Å². The van der Waals surface area contributed by atoms with Crippen molar-refractivity contribution < 1.29 is 14.4 Å². The van der Waals surface area contributed by atoms with Crippen LogP contribution in [0.5, 0.6) is 0 Å².